The number of halogens is 1. The summed E-state index contributed by atoms with van der Waals surface area (Å²) in [5.41, 5.74) is 9.67. The lowest BCUT2D eigenvalue weighted by Crippen LogP contribution is -2.02. The zero-order valence-corrected chi connectivity index (χ0v) is 14.8. The highest BCUT2D eigenvalue weighted by Crippen LogP contribution is 2.25. The molecule has 1 heterocycles. The fraction of sp³-hybridized carbons (Fsp3) is 0.150. The van der Waals surface area contributed by atoms with Crippen LogP contribution < -0.4 is 5.43 Å². The van der Waals surface area contributed by atoms with E-state index in [2.05, 4.69) is 41.9 Å². The lowest BCUT2D eigenvalue weighted by molar-refractivity contribution is 0.954. The zero-order valence-electron chi connectivity index (χ0n) is 14.0. The maximum Gasteiger partial charge on any atom is 0.0562 e. The van der Waals surface area contributed by atoms with Gasteiger partial charge in [0.2, 0.25) is 0 Å². The van der Waals surface area contributed by atoms with Crippen LogP contribution in [-0.2, 0) is 0 Å². The molecule has 0 saturated carbocycles. The van der Waals surface area contributed by atoms with Gasteiger partial charge in [0.1, 0.15) is 0 Å². The molecule has 0 radical (unpaired) electrons. The van der Waals surface area contributed by atoms with Gasteiger partial charge < -0.3 is 4.57 Å². The molecule has 0 aliphatic rings. The van der Waals surface area contributed by atoms with Crippen LogP contribution in [0.15, 0.2) is 59.7 Å². The number of hydrogen-bond acceptors (Lipinski definition) is 2. The molecule has 0 fully saturated rings. The summed E-state index contributed by atoms with van der Waals surface area (Å²) in [5, 5.41) is 5.09. The van der Waals surface area contributed by atoms with Crippen molar-refractivity contribution < 1.29 is 0 Å². The topological polar surface area (TPSA) is 29.3 Å². The lowest BCUT2D eigenvalue weighted by Gasteiger charge is -2.13. The highest BCUT2D eigenvalue weighted by atomic mass is 35.5. The Morgan fingerprint density at radius 2 is 1.75 bits per heavy atom. The van der Waals surface area contributed by atoms with Crippen LogP contribution >= 0.6 is 11.6 Å². The van der Waals surface area contributed by atoms with E-state index in [9.17, 15) is 0 Å². The average Bonchev–Trinajstić information content (AvgIpc) is 2.85. The number of nitrogens with zero attached hydrogens (tertiary/aromatic N) is 2. The van der Waals surface area contributed by atoms with Crippen LogP contribution in [0.3, 0.4) is 0 Å². The highest BCUT2D eigenvalue weighted by molar-refractivity contribution is 6.30. The molecule has 0 amide bonds. The summed E-state index contributed by atoms with van der Waals surface area (Å²) in [6.45, 7) is 6.28. The molecule has 0 spiro atoms. The van der Waals surface area contributed by atoms with Gasteiger partial charge in [0.15, 0.2) is 0 Å². The Kier molecular flexibility index (Phi) is 4.72. The molecule has 3 aromatic rings. The summed E-state index contributed by atoms with van der Waals surface area (Å²) in [6.07, 6.45) is 1.85. The van der Waals surface area contributed by atoms with E-state index in [0.717, 1.165) is 33.3 Å². The van der Waals surface area contributed by atoms with Gasteiger partial charge in [-0.1, -0.05) is 35.9 Å². The van der Waals surface area contributed by atoms with Crippen LogP contribution in [0.25, 0.3) is 5.69 Å². The van der Waals surface area contributed by atoms with Gasteiger partial charge in [-0.2, -0.15) is 5.10 Å². The summed E-state index contributed by atoms with van der Waals surface area (Å²) in [5.74, 6) is 0. The molecule has 3 rings (SSSR count). The van der Waals surface area contributed by atoms with E-state index in [0.29, 0.717) is 0 Å². The van der Waals surface area contributed by atoms with E-state index in [1.165, 1.54) is 5.56 Å². The third kappa shape index (κ3) is 3.36. The summed E-state index contributed by atoms with van der Waals surface area (Å²) in [4.78, 5) is 0. The van der Waals surface area contributed by atoms with Gasteiger partial charge >= 0.3 is 0 Å². The largest absolute Gasteiger partial charge is 0.318 e. The van der Waals surface area contributed by atoms with Crippen LogP contribution in [0, 0.1) is 20.8 Å². The van der Waals surface area contributed by atoms with Crippen molar-refractivity contribution in [2.45, 2.75) is 20.8 Å². The molecule has 0 aliphatic heterocycles. The Balaban J connectivity index is 1.91. The van der Waals surface area contributed by atoms with E-state index < -0.39 is 0 Å². The van der Waals surface area contributed by atoms with Gasteiger partial charge in [0, 0.05) is 27.7 Å². The first kappa shape index (κ1) is 16.3. The van der Waals surface area contributed by atoms with Gasteiger partial charge in [0.05, 0.1) is 11.9 Å². The monoisotopic (exact) mass is 337 g/mol. The molecule has 0 atom stereocenters. The van der Waals surface area contributed by atoms with E-state index in [1.54, 1.807) is 0 Å². The molecule has 24 heavy (non-hydrogen) atoms. The molecule has 0 saturated heterocycles. The second kappa shape index (κ2) is 6.93. The molecule has 0 unspecified atom stereocenters. The predicted octanol–water partition coefficient (Wildman–Crippen LogP) is 5.50. The predicted molar refractivity (Wildman–Crippen MR) is 103 cm³/mol. The Morgan fingerprint density at radius 1 is 1.00 bits per heavy atom. The molecule has 0 bridgehead atoms. The van der Waals surface area contributed by atoms with Crippen LogP contribution in [0.1, 0.15) is 22.5 Å². The van der Waals surface area contributed by atoms with Gasteiger partial charge in [-0.25, -0.2) is 0 Å². The van der Waals surface area contributed by atoms with Crippen LogP contribution in [0.2, 0.25) is 5.02 Å². The standard InChI is InChI=1S/C20H20ClN3/c1-14-9-10-18(21)12-20(14)24-15(2)11-17(16(24)3)13-22-23-19-7-5-4-6-8-19/h4-13,23H,1-3H3/b22-13-. The van der Waals surface area contributed by atoms with Gasteiger partial charge in [-0.15, -0.1) is 0 Å². The van der Waals surface area contributed by atoms with Crippen molar-refractivity contribution in [2.75, 3.05) is 5.43 Å². The molecular formula is C20H20ClN3. The van der Waals surface area contributed by atoms with E-state index in [4.69, 9.17) is 11.6 Å². The summed E-state index contributed by atoms with van der Waals surface area (Å²) in [6, 6.07) is 18.0. The van der Waals surface area contributed by atoms with E-state index in [-0.39, 0.29) is 0 Å². The molecule has 1 N–H and O–H groups in total. The Bertz CT molecular complexity index is 879. The van der Waals surface area contributed by atoms with Crippen molar-refractivity contribution >= 4 is 23.5 Å². The van der Waals surface area contributed by atoms with Crippen LogP contribution in [-0.4, -0.2) is 10.8 Å². The third-order valence-corrected chi connectivity index (χ3v) is 4.29. The minimum atomic E-state index is 0.740. The first-order valence-electron chi connectivity index (χ1n) is 7.86. The SMILES string of the molecule is Cc1ccc(Cl)cc1-n1c(C)cc(/C=N\Nc2ccccc2)c1C. The smallest absolute Gasteiger partial charge is 0.0562 e. The number of para-hydroxylation sites is 1. The molecule has 122 valence electrons. The summed E-state index contributed by atoms with van der Waals surface area (Å²) >= 11 is 6.18. The second-order valence-corrected chi connectivity index (χ2v) is 6.27. The minimum absolute atomic E-state index is 0.740. The Morgan fingerprint density at radius 3 is 2.50 bits per heavy atom. The summed E-state index contributed by atoms with van der Waals surface area (Å²) < 4.78 is 2.21. The average molecular weight is 338 g/mol. The number of benzene rings is 2. The van der Waals surface area contributed by atoms with E-state index >= 15 is 0 Å². The van der Waals surface area contributed by atoms with Crippen molar-refractivity contribution in [2.24, 2.45) is 5.10 Å². The molecule has 1 aromatic heterocycles. The number of aromatic nitrogens is 1. The first-order valence-corrected chi connectivity index (χ1v) is 8.23. The van der Waals surface area contributed by atoms with Crippen molar-refractivity contribution in [1.82, 2.24) is 4.57 Å². The number of rotatable bonds is 4. The fourth-order valence-electron chi connectivity index (χ4n) is 2.80. The van der Waals surface area contributed by atoms with Crippen molar-refractivity contribution in [3.8, 4) is 5.69 Å². The zero-order chi connectivity index (χ0) is 17.1. The maximum atomic E-state index is 6.18. The summed E-state index contributed by atoms with van der Waals surface area (Å²) in [7, 11) is 0. The fourth-order valence-corrected chi connectivity index (χ4v) is 2.97. The number of anilines is 1. The first-order chi connectivity index (χ1) is 11.6. The second-order valence-electron chi connectivity index (χ2n) is 5.83. The minimum Gasteiger partial charge on any atom is -0.318 e. The number of aryl methyl sites for hydroxylation is 2. The third-order valence-electron chi connectivity index (χ3n) is 4.05. The Hall–Kier alpha value is -2.52. The molecule has 0 aliphatic carbocycles. The molecule has 3 nitrogen and oxygen atoms in total. The van der Waals surface area contributed by atoms with Crippen molar-refractivity contribution in [1.29, 1.82) is 0 Å². The van der Waals surface area contributed by atoms with Gasteiger partial charge in [-0.3, -0.25) is 5.43 Å². The Labute approximate surface area is 147 Å². The number of hydrazone groups is 1. The van der Waals surface area contributed by atoms with Crippen LogP contribution in [0.4, 0.5) is 5.69 Å². The number of nitrogens with one attached hydrogen (secondary N) is 1. The number of hydrogen-bond donors (Lipinski definition) is 1. The van der Waals surface area contributed by atoms with Gasteiger partial charge in [-0.05, 0) is 56.7 Å². The lowest BCUT2D eigenvalue weighted by atomic mass is 10.2. The maximum absolute atomic E-state index is 6.18. The molecular weight excluding hydrogens is 318 g/mol. The van der Waals surface area contributed by atoms with Gasteiger partial charge in [0.25, 0.3) is 0 Å². The highest BCUT2D eigenvalue weighted by Gasteiger charge is 2.11. The van der Waals surface area contributed by atoms with Crippen molar-refractivity contribution in [3.05, 3.63) is 82.1 Å². The van der Waals surface area contributed by atoms with Crippen LogP contribution in [0.5, 0.6) is 0 Å². The molecule has 4 heteroatoms. The normalized spacial score (nSPS) is 11.2. The molecule has 2 aromatic carbocycles. The quantitative estimate of drug-likeness (QED) is 0.494. The van der Waals surface area contributed by atoms with Crippen molar-refractivity contribution in [3.63, 3.8) is 0 Å². The van der Waals surface area contributed by atoms with E-state index in [1.807, 2.05) is 54.7 Å².